The molecule has 0 saturated carbocycles. The van der Waals surface area contributed by atoms with Crippen LogP contribution in [0.1, 0.15) is 5.76 Å². The first-order valence-corrected chi connectivity index (χ1v) is 6.59. The highest BCUT2D eigenvalue weighted by Gasteiger charge is 2.13. The summed E-state index contributed by atoms with van der Waals surface area (Å²) < 4.78 is 12.2. The highest BCUT2D eigenvalue weighted by Crippen LogP contribution is 2.24. The first-order valence-electron chi connectivity index (χ1n) is 5.79. The molecule has 2 heterocycles. The van der Waals surface area contributed by atoms with E-state index in [-0.39, 0.29) is 0 Å². The van der Waals surface area contributed by atoms with Crippen molar-refractivity contribution in [3.63, 3.8) is 0 Å². The SMILES string of the molecule is Brc1ccc2cc(CN3CCOCC3)oc2c1. The van der Waals surface area contributed by atoms with Crippen LogP contribution in [0.2, 0.25) is 0 Å². The van der Waals surface area contributed by atoms with E-state index in [9.17, 15) is 0 Å². The maximum absolute atomic E-state index is 5.84. The molecule has 1 aliphatic rings. The fourth-order valence-electron chi connectivity index (χ4n) is 2.12. The van der Waals surface area contributed by atoms with Gasteiger partial charge in [-0.3, -0.25) is 4.90 Å². The fraction of sp³-hybridized carbons (Fsp3) is 0.385. The molecule has 4 heteroatoms. The first-order chi connectivity index (χ1) is 8.31. The lowest BCUT2D eigenvalue weighted by atomic mass is 10.2. The Labute approximate surface area is 108 Å². The molecule has 90 valence electrons. The van der Waals surface area contributed by atoms with Gasteiger partial charge in [0, 0.05) is 22.9 Å². The summed E-state index contributed by atoms with van der Waals surface area (Å²) >= 11 is 3.45. The molecular weight excluding hydrogens is 282 g/mol. The molecule has 0 bridgehead atoms. The summed E-state index contributed by atoms with van der Waals surface area (Å²) in [5.41, 5.74) is 0.947. The van der Waals surface area contributed by atoms with Crippen LogP contribution in [0.15, 0.2) is 33.2 Å². The second kappa shape index (κ2) is 4.80. The van der Waals surface area contributed by atoms with Crippen molar-refractivity contribution in [2.45, 2.75) is 6.54 Å². The third kappa shape index (κ3) is 2.54. The third-order valence-electron chi connectivity index (χ3n) is 3.02. The zero-order chi connectivity index (χ0) is 11.7. The van der Waals surface area contributed by atoms with Crippen LogP contribution in [0.5, 0.6) is 0 Å². The molecule has 0 N–H and O–H groups in total. The summed E-state index contributed by atoms with van der Waals surface area (Å²) in [6.45, 7) is 4.49. The lowest BCUT2D eigenvalue weighted by molar-refractivity contribution is 0.0315. The van der Waals surface area contributed by atoms with E-state index in [4.69, 9.17) is 9.15 Å². The summed E-state index contributed by atoms with van der Waals surface area (Å²) in [7, 11) is 0. The average Bonchev–Trinajstić information content (AvgIpc) is 2.71. The van der Waals surface area contributed by atoms with E-state index in [0.29, 0.717) is 0 Å². The number of benzene rings is 1. The van der Waals surface area contributed by atoms with Crippen LogP contribution in [0.25, 0.3) is 11.0 Å². The van der Waals surface area contributed by atoms with Crippen LogP contribution in [0.4, 0.5) is 0 Å². The van der Waals surface area contributed by atoms with Crippen LogP contribution in [-0.4, -0.2) is 31.2 Å². The number of rotatable bonds is 2. The molecule has 0 aliphatic carbocycles. The maximum atomic E-state index is 5.84. The van der Waals surface area contributed by atoms with Crippen LogP contribution in [0.3, 0.4) is 0 Å². The van der Waals surface area contributed by atoms with Gasteiger partial charge >= 0.3 is 0 Å². The minimum atomic E-state index is 0.825. The normalized spacial score (nSPS) is 17.7. The number of hydrogen-bond donors (Lipinski definition) is 0. The molecule has 1 fully saturated rings. The fourth-order valence-corrected chi connectivity index (χ4v) is 2.46. The summed E-state index contributed by atoms with van der Waals surface area (Å²) in [5, 5.41) is 1.16. The van der Waals surface area contributed by atoms with Gasteiger partial charge in [0.15, 0.2) is 0 Å². The predicted octanol–water partition coefficient (Wildman–Crippen LogP) is 3.03. The minimum absolute atomic E-state index is 0.825. The number of fused-ring (bicyclic) bond motifs is 1. The molecule has 1 aliphatic heterocycles. The molecule has 0 atom stereocenters. The molecule has 3 rings (SSSR count). The lowest BCUT2D eigenvalue weighted by Gasteiger charge is -2.25. The molecule has 0 unspecified atom stereocenters. The molecule has 0 spiro atoms. The Bertz CT molecular complexity index is 517. The first kappa shape index (κ1) is 11.3. The van der Waals surface area contributed by atoms with Gasteiger partial charge in [0.25, 0.3) is 0 Å². The largest absolute Gasteiger partial charge is 0.460 e. The highest BCUT2D eigenvalue weighted by atomic mass is 79.9. The Balaban J connectivity index is 1.80. The number of ether oxygens (including phenoxy) is 1. The van der Waals surface area contributed by atoms with Crippen LogP contribution in [0, 0.1) is 0 Å². The van der Waals surface area contributed by atoms with E-state index < -0.39 is 0 Å². The monoisotopic (exact) mass is 295 g/mol. The maximum Gasteiger partial charge on any atom is 0.135 e. The van der Waals surface area contributed by atoms with Gasteiger partial charge in [0.2, 0.25) is 0 Å². The van der Waals surface area contributed by atoms with Crippen LogP contribution < -0.4 is 0 Å². The van der Waals surface area contributed by atoms with E-state index in [1.165, 1.54) is 0 Å². The smallest absolute Gasteiger partial charge is 0.135 e. The van der Waals surface area contributed by atoms with Crippen molar-refractivity contribution in [2.75, 3.05) is 26.3 Å². The quantitative estimate of drug-likeness (QED) is 0.852. The van der Waals surface area contributed by atoms with Gasteiger partial charge in [-0.2, -0.15) is 0 Å². The summed E-state index contributed by atoms with van der Waals surface area (Å²) in [6, 6.07) is 8.25. The number of nitrogens with zero attached hydrogens (tertiary/aromatic N) is 1. The van der Waals surface area contributed by atoms with Crippen molar-refractivity contribution in [3.05, 3.63) is 34.5 Å². The minimum Gasteiger partial charge on any atom is -0.460 e. The summed E-state index contributed by atoms with van der Waals surface area (Å²) in [6.07, 6.45) is 0. The molecule has 17 heavy (non-hydrogen) atoms. The number of halogens is 1. The predicted molar refractivity (Wildman–Crippen MR) is 70.0 cm³/mol. The molecular formula is C13H14BrNO2. The average molecular weight is 296 g/mol. The van der Waals surface area contributed by atoms with E-state index in [1.54, 1.807) is 0 Å². The van der Waals surface area contributed by atoms with Crippen LogP contribution in [-0.2, 0) is 11.3 Å². The van der Waals surface area contributed by atoms with E-state index in [1.807, 2.05) is 12.1 Å². The Kier molecular flexibility index (Phi) is 3.18. The highest BCUT2D eigenvalue weighted by molar-refractivity contribution is 9.10. The van der Waals surface area contributed by atoms with Gasteiger partial charge in [-0.15, -0.1) is 0 Å². The Morgan fingerprint density at radius 3 is 2.82 bits per heavy atom. The van der Waals surface area contributed by atoms with Crippen molar-refractivity contribution >= 4 is 26.9 Å². The van der Waals surface area contributed by atoms with Crippen molar-refractivity contribution in [1.29, 1.82) is 0 Å². The second-order valence-corrected chi connectivity index (χ2v) is 5.20. The zero-order valence-electron chi connectivity index (χ0n) is 9.49. The zero-order valence-corrected chi connectivity index (χ0v) is 11.1. The van der Waals surface area contributed by atoms with Crippen LogP contribution >= 0.6 is 15.9 Å². The van der Waals surface area contributed by atoms with Crippen molar-refractivity contribution in [2.24, 2.45) is 0 Å². The molecule has 0 radical (unpaired) electrons. The van der Waals surface area contributed by atoms with Gasteiger partial charge in [-0.05, 0) is 24.3 Å². The van der Waals surface area contributed by atoms with Gasteiger partial charge < -0.3 is 9.15 Å². The number of hydrogen-bond acceptors (Lipinski definition) is 3. The van der Waals surface area contributed by atoms with Gasteiger partial charge in [0.1, 0.15) is 11.3 Å². The lowest BCUT2D eigenvalue weighted by Crippen LogP contribution is -2.35. The van der Waals surface area contributed by atoms with E-state index >= 15 is 0 Å². The molecule has 0 amide bonds. The molecule has 2 aromatic rings. The summed E-state index contributed by atoms with van der Waals surface area (Å²) in [4.78, 5) is 2.36. The second-order valence-electron chi connectivity index (χ2n) is 4.28. The number of morpholine rings is 1. The molecule has 1 aromatic carbocycles. The molecule has 1 saturated heterocycles. The topological polar surface area (TPSA) is 25.6 Å². The van der Waals surface area contributed by atoms with Crippen molar-refractivity contribution in [1.82, 2.24) is 4.90 Å². The van der Waals surface area contributed by atoms with Gasteiger partial charge in [-0.25, -0.2) is 0 Å². The Morgan fingerprint density at radius 1 is 1.18 bits per heavy atom. The molecule has 1 aromatic heterocycles. The van der Waals surface area contributed by atoms with Crippen molar-refractivity contribution < 1.29 is 9.15 Å². The third-order valence-corrected chi connectivity index (χ3v) is 3.51. The molecule has 3 nitrogen and oxygen atoms in total. The van der Waals surface area contributed by atoms with Gasteiger partial charge in [-0.1, -0.05) is 15.9 Å². The van der Waals surface area contributed by atoms with E-state index in [2.05, 4.69) is 33.0 Å². The standard InChI is InChI=1S/C13H14BrNO2/c14-11-2-1-10-7-12(17-13(10)8-11)9-15-3-5-16-6-4-15/h1-2,7-8H,3-6,9H2. The summed E-state index contributed by atoms with van der Waals surface area (Å²) in [5.74, 6) is 1.03. The Morgan fingerprint density at radius 2 is 2.00 bits per heavy atom. The van der Waals surface area contributed by atoms with Gasteiger partial charge in [0.05, 0.1) is 19.8 Å². The van der Waals surface area contributed by atoms with E-state index in [0.717, 1.165) is 54.1 Å². The Hall–Kier alpha value is -0.840. The number of furan rings is 1. The van der Waals surface area contributed by atoms with Crippen molar-refractivity contribution in [3.8, 4) is 0 Å².